The molecule has 1 aromatic carbocycles. The third-order valence-electron chi connectivity index (χ3n) is 5.33. The van der Waals surface area contributed by atoms with E-state index < -0.39 is 12.6 Å². The molecule has 0 aliphatic carbocycles. The maximum Gasteiger partial charge on any atom is 0.378 e. The minimum Gasteiger partial charge on any atom is -0.451 e. The number of Topliss-reactive ketones (excluding diaryl/α,β-unsaturated/α-hetero) is 1. The quantitative estimate of drug-likeness (QED) is 0.353. The summed E-state index contributed by atoms with van der Waals surface area (Å²) in [4.78, 5) is 33.7. The van der Waals surface area contributed by atoms with Gasteiger partial charge in [0.15, 0.2) is 6.61 Å². The molecule has 3 aromatic heterocycles. The number of aromatic nitrogens is 5. The van der Waals surface area contributed by atoms with Gasteiger partial charge in [-0.1, -0.05) is 6.07 Å². The number of nitrogens with zero attached hydrogens (tertiary/aromatic N) is 5. The number of benzene rings is 1. The van der Waals surface area contributed by atoms with E-state index in [0.29, 0.717) is 11.3 Å². The van der Waals surface area contributed by atoms with Crippen LogP contribution in [0.1, 0.15) is 54.9 Å². The van der Waals surface area contributed by atoms with Gasteiger partial charge in [0.2, 0.25) is 5.78 Å². The Bertz CT molecular complexity index is 1360. The predicted octanol–water partition coefficient (Wildman–Crippen LogP) is 3.81. The van der Waals surface area contributed by atoms with Crippen LogP contribution in [0.2, 0.25) is 0 Å². The Labute approximate surface area is 185 Å². The van der Waals surface area contributed by atoms with Crippen LogP contribution in [0.15, 0.2) is 30.3 Å². The standard InChI is InChI=1S/C24H25N5O3/c1-13-7-14(2)9-19(8-13)28-16(4)11-20(18(28)6)21(30)12-32-23(31)22-26-24-25-15(3)10-17(5)29(24)27-22/h7-11H,12H2,1-6H3. The van der Waals surface area contributed by atoms with Gasteiger partial charge in [0.05, 0.1) is 0 Å². The molecule has 0 N–H and O–H groups in total. The van der Waals surface area contributed by atoms with Crippen molar-refractivity contribution in [2.75, 3.05) is 6.61 Å². The first kappa shape index (κ1) is 21.4. The van der Waals surface area contributed by atoms with Crippen molar-refractivity contribution in [3.05, 3.63) is 75.6 Å². The molecule has 0 aliphatic rings. The lowest BCUT2D eigenvalue weighted by molar-refractivity contribution is 0.0462. The van der Waals surface area contributed by atoms with Gasteiger partial charge in [-0.2, -0.15) is 4.98 Å². The zero-order valence-electron chi connectivity index (χ0n) is 19.1. The Hall–Kier alpha value is -3.81. The monoisotopic (exact) mass is 431 g/mol. The van der Waals surface area contributed by atoms with Crippen LogP contribution >= 0.6 is 0 Å². The van der Waals surface area contributed by atoms with Crippen molar-refractivity contribution in [2.45, 2.75) is 41.5 Å². The molecule has 8 heteroatoms. The molecule has 4 aromatic rings. The van der Waals surface area contributed by atoms with Gasteiger partial charge in [-0.15, -0.1) is 5.10 Å². The minimum absolute atomic E-state index is 0.125. The average Bonchev–Trinajstić information content (AvgIpc) is 3.26. The van der Waals surface area contributed by atoms with Gasteiger partial charge < -0.3 is 9.30 Å². The molecule has 0 amide bonds. The van der Waals surface area contributed by atoms with Crippen molar-refractivity contribution < 1.29 is 14.3 Å². The van der Waals surface area contributed by atoms with Gasteiger partial charge in [-0.25, -0.2) is 14.3 Å². The number of rotatable bonds is 5. The van der Waals surface area contributed by atoms with E-state index in [0.717, 1.165) is 39.6 Å². The van der Waals surface area contributed by atoms with Crippen molar-refractivity contribution in [3.63, 3.8) is 0 Å². The smallest absolute Gasteiger partial charge is 0.378 e. The molecule has 4 rings (SSSR count). The largest absolute Gasteiger partial charge is 0.451 e. The van der Waals surface area contributed by atoms with Gasteiger partial charge in [0, 0.05) is 34.0 Å². The highest BCUT2D eigenvalue weighted by Gasteiger charge is 2.21. The Balaban J connectivity index is 1.53. The Morgan fingerprint density at radius 1 is 0.875 bits per heavy atom. The first-order valence-electron chi connectivity index (χ1n) is 10.3. The number of carbonyl (C=O) groups is 2. The molecule has 0 saturated carbocycles. The normalized spacial score (nSPS) is 11.2. The summed E-state index contributed by atoms with van der Waals surface area (Å²) in [5.74, 6) is -0.850. The SMILES string of the molecule is Cc1cc(C)cc(-n2c(C)cc(C(=O)COC(=O)c3nc4nc(C)cc(C)n4n3)c2C)c1. The maximum atomic E-state index is 12.9. The average molecular weight is 431 g/mol. The summed E-state index contributed by atoms with van der Waals surface area (Å²) in [5, 5.41) is 4.15. The van der Waals surface area contributed by atoms with Crippen molar-refractivity contribution >= 4 is 17.5 Å². The number of hydrogen-bond acceptors (Lipinski definition) is 6. The number of fused-ring (bicyclic) bond motifs is 1. The minimum atomic E-state index is -0.760. The van der Waals surface area contributed by atoms with Crippen LogP contribution in [0.5, 0.6) is 0 Å². The molecule has 0 spiro atoms. The molecule has 0 aliphatic heterocycles. The fourth-order valence-corrected chi connectivity index (χ4v) is 4.05. The van der Waals surface area contributed by atoms with E-state index in [2.05, 4.69) is 33.3 Å². The molecule has 0 radical (unpaired) electrons. The van der Waals surface area contributed by atoms with Crippen molar-refractivity contribution in [3.8, 4) is 5.69 Å². The molecule has 0 bridgehead atoms. The molecular weight excluding hydrogens is 406 g/mol. The third kappa shape index (κ3) is 3.91. The lowest BCUT2D eigenvalue weighted by Gasteiger charge is -2.12. The summed E-state index contributed by atoms with van der Waals surface area (Å²) in [6, 6.07) is 9.92. The van der Waals surface area contributed by atoms with E-state index in [4.69, 9.17) is 4.74 Å². The summed E-state index contributed by atoms with van der Waals surface area (Å²) in [7, 11) is 0. The lowest BCUT2D eigenvalue weighted by Crippen LogP contribution is -2.16. The molecule has 3 heterocycles. The second-order valence-corrected chi connectivity index (χ2v) is 8.15. The zero-order valence-corrected chi connectivity index (χ0v) is 19.1. The van der Waals surface area contributed by atoms with Gasteiger partial charge in [0.25, 0.3) is 11.6 Å². The fourth-order valence-electron chi connectivity index (χ4n) is 4.05. The van der Waals surface area contributed by atoms with E-state index in [1.54, 1.807) is 0 Å². The second-order valence-electron chi connectivity index (χ2n) is 8.15. The van der Waals surface area contributed by atoms with Crippen molar-refractivity contribution in [2.24, 2.45) is 0 Å². The summed E-state index contributed by atoms with van der Waals surface area (Å²) in [6.45, 7) is 11.2. The van der Waals surface area contributed by atoms with E-state index in [1.807, 2.05) is 58.2 Å². The lowest BCUT2D eigenvalue weighted by atomic mass is 10.1. The van der Waals surface area contributed by atoms with Gasteiger partial charge in [-0.3, -0.25) is 4.79 Å². The highest BCUT2D eigenvalue weighted by Crippen LogP contribution is 2.23. The molecule has 0 atom stereocenters. The van der Waals surface area contributed by atoms with Crippen LogP contribution in [-0.2, 0) is 4.74 Å². The summed E-state index contributed by atoms with van der Waals surface area (Å²) in [5.41, 5.74) is 7.12. The van der Waals surface area contributed by atoms with Crippen LogP contribution in [0.25, 0.3) is 11.5 Å². The van der Waals surface area contributed by atoms with Crippen LogP contribution < -0.4 is 0 Å². The second kappa shape index (κ2) is 8.03. The van der Waals surface area contributed by atoms with Gasteiger partial charge >= 0.3 is 5.97 Å². The summed E-state index contributed by atoms with van der Waals surface area (Å²) in [6.07, 6.45) is 0. The zero-order chi connectivity index (χ0) is 23.2. The third-order valence-corrected chi connectivity index (χ3v) is 5.33. The van der Waals surface area contributed by atoms with Gasteiger partial charge in [0.1, 0.15) is 0 Å². The molecule has 8 nitrogen and oxygen atoms in total. The fraction of sp³-hybridized carbons (Fsp3) is 0.292. The van der Waals surface area contributed by atoms with Crippen LogP contribution in [0.3, 0.4) is 0 Å². The van der Waals surface area contributed by atoms with Crippen LogP contribution in [0, 0.1) is 41.5 Å². The summed E-state index contributed by atoms with van der Waals surface area (Å²) >= 11 is 0. The topological polar surface area (TPSA) is 91.4 Å². The molecule has 164 valence electrons. The van der Waals surface area contributed by atoms with E-state index in [-0.39, 0.29) is 11.6 Å². The molecule has 32 heavy (non-hydrogen) atoms. The van der Waals surface area contributed by atoms with Gasteiger partial charge in [-0.05, 0) is 76.9 Å². The number of esters is 1. The number of hydrogen-bond donors (Lipinski definition) is 0. The Kier molecular flexibility index (Phi) is 5.38. The van der Waals surface area contributed by atoms with E-state index >= 15 is 0 Å². The number of carbonyl (C=O) groups excluding carboxylic acids is 2. The van der Waals surface area contributed by atoms with E-state index in [1.165, 1.54) is 4.52 Å². The Morgan fingerprint density at radius 3 is 2.25 bits per heavy atom. The number of aryl methyl sites for hydroxylation is 5. The first-order chi connectivity index (χ1) is 15.1. The summed E-state index contributed by atoms with van der Waals surface area (Å²) < 4.78 is 8.74. The number of ketones is 1. The van der Waals surface area contributed by atoms with Crippen LogP contribution in [0.4, 0.5) is 0 Å². The molecular formula is C24H25N5O3. The van der Waals surface area contributed by atoms with Crippen molar-refractivity contribution in [1.29, 1.82) is 0 Å². The predicted molar refractivity (Wildman–Crippen MR) is 120 cm³/mol. The Morgan fingerprint density at radius 2 is 1.56 bits per heavy atom. The molecule has 0 saturated heterocycles. The van der Waals surface area contributed by atoms with Crippen LogP contribution in [-0.4, -0.2) is 42.5 Å². The first-order valence-corrected chi connectivity index (χ1v) is 10.3. The maximum absolute atomic E-state index is 12.9. The van der Waals surface area contributed by atoms with Crippen molar-refractivity contribution in [1.82, 2.24) is 24.1 Å². The number of ether oxygens (including phenoxy) is 1. The highest BCUT2D eigenvalue weighted by atomic mass is 16.5. The highest BCUT2D eigenvalue weighted by molar-refractivity contribution is 6.00. The van der Waals surface area contributed by atoms with E-state index in [9.17, 15) is 9.59 Å². The molecule has 0 fully saturated rings. The molecule has 0 unspecified atom stereocenters.